The first kappa shape index (κ1) is 20.2. The Bertz CT molecular complexity index is 920. The van der Waals surface area contributed by atoms with Gasteiger partial charge >= 0.3 is 0 Å². The van der Waals surface area contributed by atoms with Crippen LogP contribution in [0.4, 0.5) is 5.69 Å². The molecule has 2 aromatic heterocycles. The third-order valence-electron chi connectivity index (χ3n) is 4.79. The Labute approximate surface area is 169 Å². The number of hydrogen-bond acceptors (Lipinski definition) is 5. The number of hydrogen-bond donors (Lipinski definition) is 1. The lowest BCUT2D eigenvalue weighted by atomic mass is 9.97. The maximum atomic E-state index is 12.8. The molecular weight excluding hydrogens is 372 g/mol. The van der Waals surface area contributed by atoms with Crippen molar-refractivity contribution >= 4 is 23.4 Å². The summed E-state index contributed by atoms with van der Waals surface area (Å²) in [6, 6.07) is 11.7. The molecule has 2 unspecified atom stereocenters. The van der Waals surface area contributed by atoms with Gasteiger partial charge in [0, 0.05) is 12.2 Å². The maximum Gasteiger partial charge on any atom is 0.237 e. The largest absolute Gasteiger partial charge is 0.461 e. The molecule has 6 nitrogen and oxygen atoms in total. The van der Waals surface area contributed by atoms with E-state index in [1.165, 1.54) is 11.8 Å². The van der Waals surface area contributed by atoms with E-state index in [1.807, 2.05) is 48.7 Å². The van der Waals surface area contributed by atoms with Crippen LogP contribution in [0.1, 0.15) is 45.6 Å². The van der Waals surface area contributed by atoms with Crippen LogP contribution in [-0.4, -0.2) is 25.9 Å². The van der Waals surface area contributed by atoms with E-state index < -0.39 is 0 Å². The van der Waals surface area contributed by atoms with Gasteiger partial charge in [0.1, 0.15) is 0 Å². The Morgan fingerprint density at radius 1 is 1.18 bits per heavy atom. The maximum absolute atomic E-state index is 12.8. The first-order valence-corrected chi connectivity index (χ1v) is 10.5. The van der Waals surface area contributed by atoms with Crippen molar-refractivity contribution in [3.8, 4) is 11.6 Å². The molecule has 1 N–H and O–H groups in total. The minimum atomic E-state index is -0.316. The SMILES string of the molecule is CCC(C)c1ccccc1NC(=O)C(C)Sc1nnc(-c2ccco2)n1CC. The first-order valence-electron chi connectivity index (χ1n) is 9.58. The highest BCUT2D eigenvalue weighted by atomic mass is 32.2. The molecule has 28 heavy (non-hydrogen) atoms. The predicted molar refractivity (Wildman–Crippen MR) is 112 cm³/mol. The van der Waals surface area contributed by atoms with Gasteiger partial charge in [-0.05, 0) is 49.9 Å². The van der Waals surface area contributed by atoms with E-state index in [0.29, 0.717) is 29.2 Å². The number of nitrogens with zero attached hydrogens (tertiary/aromatic N) is 3. The van der Waals surface area contributed by atoms with E-state index in [1.54, 1.807) is 6.26 Å². The normalized spacial score (nSPS) is 13.3. The molecule has 3 rings (SSSR count). The highest BCUT2D eigenvalue weighted by molar-refractivity contribution is 8.00. The molecule has 0 bridgehead atoms. The molecule has 0 fully saturated rings. The molecule has 1 aromatic carbocycles. The van der Waals surface area contributed by atoms with Gasteiger partial charge in [0.25, 0.3) is 0 Å². The van der Waals surface area contributed by atoms with Crippen LogP contribution >= 0.6 is 11.8 Å². The molecule has 0 aliphatic heterocycles. The third-order valence-corrected chi connectivity index (χ3v) is 5.87. The molecule has 3 aromatic rings. The fraction of sp³-hybridized carbons (Fsp3) is 0.381. The van der Waals surface area contributed by atoms with Crippen LogP contribution < -0.4 is 5.32 Å². The van der Waals surface area contributed by atoms with Crippen molar-refractivity contribution in [1.29, 1.82) is 0 Å². The topological polar surface area (TPSA) is 73.0 Å². The first-order chi connectivity index (χ1) is 13.5. The average Bonchev–Trinajstić information content (AvgIpc) is 3.37. The number of amides is 1. The molecule has 2 heterocycles. The van der Waals surface area contributed by atoms with Gasteiger partial charge in [-0.15, -0.1) is 10.2 Å². The Morgan fingerprint density at radius 2 is 1.96 bits per heavy atom. The van der Waals surface area contributed by atoms with Crippen molar-refractivity contribution in [2.75, 3.05) is 5.32 Å². The Balaban J connectivity index is 1.74. The van der Waals surface area contributed by atoms with Gasteiger partial charge in [0.05, 0.1) is 11.5 Å². The minimum absolute atomic E-state index is 0.0500. The summed E-state index contributed by atoms with van der Waals surface area (Å²) in [7, 11) is 0. The quantitative estimate of drug-likeness (QED) is 0.529. The molecule has 7 heteroatoms. The highest BCUT2D eigenvalue weighted by Crippen LogP contribution is 2.30. The van der Waals surface area contributed by atoms with Crippen molar-refractivity contribution < 1.29 is 9.21 Å². The van der Waals surface area contributed by atoms with E-state index in [4.69, 9.17) is 4.42 Å². The second-order valence-corrected chi connectivity index (χ2v) is 7.98. The van der Waals surface area contributed by atoms with Crippen LogP contribution in [0.3, 0.4) is 0 Å². The zero-order valence-electron chi connectivity index (χ0n) is 16.7. The molecule has 0 spiro atoms. The number of para-hydroxylation sites is 1. The summed E-state index contributed by atoms with van der Waals surface area (Å²) >= 11 is 1.40. The van der Waals surface area contributed by atoms with Crippen LogP contribution in [0.2, 0.25) is 0 Å². The molecule has 0 saturated carbocycles. The Hall–Kier alpha value is -2.54. The zero-order valence-corrected chi connectivity index (χ0v) is 17.5. The summed E-state index contributed by atoms with van der Waals surface area (Å²) < 4.78 is 7.40. The number of nitrogens with one attached hydrogen (secondary N) is 1. The molecular formula is C21H26N4O2S. The standard InChI is InChI=1S/C21H26N4O2S/c1-5-14(3)16-10-7-8-11-17(16)22-20(26)15(4)28-21-24-23-19(25(21)6-2)18-12-9-13-27-18/h7-15H,5-6H2,1-4H3,(H,22,26). The molecule has 0 aliphatic rings. The van der Waals surface area contributed by atoms with E-state index in [9.17, 15) is 4.79 Å². The molecule has 0 aliphatic carbocycles. The fourth-order valence-electron chi connectivity index (χ4n) is 2.96. The summed E-state index contributed by atoms with van der Waals surface area (Å²) in [4.78, 5) is 12.8. The lowest BCUT2D eigenvalue weighted by molar-refractivity contribution is -0.115. The minimum Gasteiger partial charge on any atom is -0.461 e. The van der Waals surface area contributed by atoms with E-state index in [2.05, 4.69) is 35.4 Å². The second-order valence-electron chi connectivity index (χ2n) is 6.67. The average molecular weight is 399 g/mol. The molecule has 2 atom stereocenters. The van der Waals surface area contributed by atoms with Crippen molar-refractivity contribution in [3.63, 3.8) is 0 Å². The van der Waals surface area contributed by atoms with Gasteiger partial charge in [-0.2, -0.15) is 0 Å². The van der Waals surface area contributed by atoms with Crippen molar-refractivity contribution in [1.82, 2.24) is 14.8 Å². The van der Waals surface area contributed by atoms with Gasteiger partial charge in [-0.1, -0.05) is 43.8 Å². The van der Waals surface area contributed by atoms with Gasteiger partial charge in [-0.3, -0.25) is 9.36 Å². The van der Waals surface area contributed by atoms with Crippen LogP contribution in [0.15, 0.2) is 52.2 Å². The number of furan rings is 1. The van der Waals surface area contributed by atoms with E-state index in [0.717, 1.165) is 17.7 Å². The predicted octanol–water partition coefficient (Wildman–Crippen LogP) is 5.19. The van der Waals surface area contributed by atoms with E-state index in [-0.39, 0.29) is 11.2 Å². The zero-order chi connectivity index (χ0) is 20.1. The van der Waals surface area contributed by atoms with Crippen LogP contribution in [0.5, 0.6) is 0 Å². The van der Waals surface area contributed by atoms with Crippen LogP contribution in [0.25, 0.3) is 11.6 Å². The lowest BCUT2D eigenvalue weighted by Gasteiger charge is -2.17. The van der Waals surface area contributed by atoms with Crippen molar-refractivity contribution in [3.05, 3.63) is 48.2 Å². The van der Waals surface area contributed by atoms with Crippen molar-refractivity contribution in [2.45, 2.75) is 57.0 Å². The summed E-state index contributed by atoms with van der Waals surface area (Å²) in [6.07, 6.45) is 2.63. The number of aromatic nitrogens is 3. The highest BCUT2D eigenvalue weighted by Gasteiger charge is 2.22. The summed E-state index contributed by atoms with van der Waals surface area (Å²) in [5, 5.41) is 12.0. The molecule has 1 amide bonds. The molecule has 148 valence electrons. The summed E-state index contributed by atoms with van der Waals surface area (Å²) in [5.74, 6) is 1.68. The van der Waals surface area contributed by atoms with Crippen molar-refractivity contribution in [2.24, 2.45) is 0 Å². The molecule has 0 saturated heterocycles. The van der Waals surface area contributed by atoms with Gasteiger partial charge < -0.3 is 9.73 Å². The van der Waals surface area contributed by atoms with Crippen LogP contribution in [0, 0.1) is 0 Å². The van der Waals surface area contributed by atoms with Crippen LogP contribution in [-0.2, 0) is 11.3 Å². The fourth-order valence-corrected chi connectivity index (χ4v) is 3.87. The van der Waals surface area contributed by atoms with Gasteiger partial charge in [-0.25, -0.2) is 0 Å². The Kier molecular flexibility index (Phi) is 6.57. The summed E-state index contributed by atoms with van der Waals surface area (Å²) in [5.41, 5.74) is 2.04. The number of thioether (sulfide) groups is 1. The lowest BCUT2D eigenvalue weighted by Crippen LogP contribution is -2.23. The van der Waals surface area contributed by atoms with Gasteiger partial charge in [0.15, 0.2) is 16.7 Å². The third kappa shape index (κ3) is 4.30. The Morgan fingerprint density at radius 3 is 2.64 bits per heavy atom. The second kappa shape index (κ2) is 9.10. The monoisotopic (exact) mass is 398 g/mol. The van der Waals surface area contributed by atoms with Gasteiger partial charge in [0.2, 0.25) is 5.91 Å². The number of carbonyl (C=O) groups is 1. The number of rotatable bonds is 8. The number of benzene rings is 1. The summed E-state index contributed by atoms with van der Waals surface area (Å²) in [6.45, 7) is 8.91. The number of anilines is 1. The smallest absolute Gasteiger partial charge is 0.237 e. The number of carbonyl (C=O) groups excluding carboxylic acids is 1. The van der Waals surface area contributed by atoms with E-state index >= 15 is 0 Å². The molecule has 0 radical (unpaired) electrons.